The van der Waals surface area contributed by atoms with Crippen LogP contribution < -0.4 is 4.90 Å². The molecule has 0 saturated carbocycles. The third-order valence-electron chi connectivity index (χ3n) is 4.37. The summed E-state index contributed by atoms with van der Waals surface area (Å²) >= 11 is 6.25. The molecule has 4 heterocycles. The minimum absolute atomic E-state index is 0.371. The molecule has 4 rings (SSSR count). The number of nitrogens with zero attached hydrogens (tertiary/aromatic N) is 6. The number of rotatable bonds is 2. The van der Waals surface area contributed by atoms with Crippen LogP contribution in [0, 0.1) is 6.92 Å². The molecule has 0 bridgehead atoms. The summed E-state index contributed by atoms with van der Waals surface area (Å²) in [6.07, 6.45) is 5.50. The van der Waals surface area contributed by atoms with Gasteiger partial charge in [0.15, 0.2) is 11.5 Å². The lowest BCUT2D eigenvalue weighted by molar-refractivity contribution is 0.477. The minimum Gasteiger partial charge on any atom is -0.370 e. The molecule has 118 valence electrons. The largest absolute Gasteiger partial charge is 0.370 e. The Bertz CT molecular complexity index is 837. The van der Waals surface area contributed by atoms with E-state index in [0.717, 1.165) is 48.8 Å². The number of anilines is 1. The van der Waals surface area contributed by atoms with E-state index in [1.54, 1.807) is 12.4 Å². The molecule has 0 radical (unpaired) electrons. The lowest BCUT2D eigenvalue weighted by Crippen LogP contribution is -2.33. The van der Waals surface area contributed by atoms with Gasteiger partial charge < -0.3 is 4.90 Å². The van der Waals surface area contributed by atoms with Crippen LogP contribution in [0.5, 0.6) is 0 Å². The molecular weight excluding hydrogens is 312 g/mol. The van der Waals surface area contributed by atoms with Gasteiger partial charge in [0, 0.05) is 31.4 Å². The van der Waals surface area contributed by atoms with E-state index >= 15 is 0 Å². The number of hydrogen-bond donors (Lipinski definition) is 0. The number of pyridine rings is 1. The molecule has 1 saturated heterocycles. The van der Waals surface area contributed by atoms with Crippen LogP contribution in [-0.4, -0.2) is 37.9 Å². The van der Waals surface area contributed by atoms with E-state index in [0.29, 0.717) is 10.9 Å². The molecule has 3 aromatic heterocycles. The van der Waals surface area contributed by atoms with E-state index < -0.39 is 0 Å². The van der Waals surface area contributed by atoms with Gasteiger partial charge in [0.25, 0.3) is 0 Å². The number of piperidine rings is 1. The Labute approximate surface area is 139 Å². The van der Waals surface area contributed by atoms with Gasteiger partial charge in [-0.05, 0) is 38.0 Å². The molecule has 3 aromatic rings. The summed E-state index contributed by atoms with van der Waals surface area (Å²) < 4.78 is 1.88. The van der Waals surface area contributed by atoms with Gasteiger partial charge in [-0.1, -0.05) is 11.6 Å². The van der Waals surface area contributed by atoms with Gasteiger partial charge in [0.05, 0.1) is 16.4 Å². The van der Waals surface area contributed by atoms with Gasteiger partial charge in [0.2, 0.25) is 0 Å². The molecule has 6 nitrogen and oxygen atoms in total. The normalized spacial score (nSPS) is 16.2. The third-order valence-corrected chi connectivity index (χ3v) is 4.66. The predicted molar refractivity (Wildman–Crippen MR) is 89.0 cm³/mol. The fraction of sp³-hybridized carbons (Fsp3) is 0.375. The average Bonchev–Trinajstić information content (AvgIpc) is 2.98. The summed E-state index contributed by atoms with van der Waals surface area (Å²) in [6.45, 7) is 3.86. The topological polar surface area (TPSA) is 59.2 Å². The zero-order chi connectivity index (χ0) is 15.8. The fourth-order valence-electron chi connectivity index (χ4n) is 3.15. The van der Waals surface area contributed by atoms with E-state index in [1.165, 1.54) is 0 Å². The molecular formula is C16H17ClN6. The molecule has 0 aromatic carbocycles. The molecule has 0 atom stereocenters. The minimum atomic E-state index is 0.371. The van der Waals surface area contributed by atoms with E-state index in [4.69, 9.17) is 11.6 Å². The monoisotopic (exact) mass is 328 g/mol. The smallest absolute Gasteiger partial charge is 0.177 e. The van der Waals surface area contributed by atoms with E-state index in [2.05, 4.69) is 25.2 Å². The summed E-state index contributed by atoms with van der Waals surface area (Å²) in [7, 11) is 0. The Morgan fingerprint density at radius 3 is 2.74 bits per heavy atom. The lowest BCUT2D eigenvalue weighted by Gasteiger charge is -2.33. The van der Waals surface area contributed by atoms with E-state index in [9.17, 15) is 0 Å². The first-order chi connectivity index (χ1) is 11.2. The van der Waals surface area contributed by atoms with Gasteiger partial charge >= 0.3 is 0 Å². The maximum Gasteiger partial charge on any atom is 0.177 e. The fourth-order valence-corrected chi connectivity index (χ4v) is 3.39. The molecule has 0 aliphatic carbocycles. The molecule has 23 heavy (non-hydrogen) atoms. The number of aromatic nitrogens is 5. The Morgan fingerprint density at radius 2 is 1.96 bits per heavy atom. The van der Waals surface area contributed by atoms with Crippen LogP contribution in [0.3, 0.4) is 0 Å². The second-order valence-electron chi connectivity index (χ2n) is 5.89. The summed E-state index contributed by atoms with van der Waals surface area (Å²) in [5, 5.41) is 13.9. The molecule has 0 spiro atoms. The highest BCUT2D eigenvalue weighted by molar-refractivity contribution is 6.33. The van der Waals surface area contributed by atoms with Crippen molar-refractivity contribution in [3.8, 4) is 0 Å². The standard InChI is InChI=1S/C16H17ClN6/c1-11-2-3-15-19-20-16(23(15)21-11)12-5-8-22(9-6-12)14-4-7-18-10-13(14)17/h2-4,7,10,12H,5-6,8-9H2,1H3. The second-order valence-corrected chi connectivity index (χ2v) is 6.30. The van der Waals surface area contributed by atoms with Crippen LogP contribution in [0.4, 0.5) is 5.69 Å². The highest BCUT2D eigenvalue weighted by Gasteiger charge is 2.26. The van der Waals surface area contributed by atoms with Crippen molar-refractivity contribution < 1.29 is 0 Å². The molecule has 7 heteroatoms. The van der Waals surface area contributed by atoms with Crippen LogP contribution in [0.2, 0.25) is 5.02 Å². The number of halogens is 1. The van der Waals surface area contributed by atoms with Gasteiger partial charge in [-0.15, -0.1) is 10.2 Å². The van der Waals surface area contributed by atoms with Crippen LogP contribution in [-0.2, 0) is 0 Å². The van der Waals surface area contributed by atoms with E-state index in [-0.39, 0.29) is 0 Å². The lowest BCUT2D eigenvalue weighted by atomic mass is 9.96. The van der Waals surface area contributed by atoms with Crippen molar-refractivity contribution in [2.45, 2.75) is 25.7 Å². The Kier molecular flexibility index (Phi) is 3.61. The summed E-state index contributed by atoms with van der Waals surface area (Å²) in [4.78, 5) is 6.36. The van der Waals surface area contributed by atoms with Gasteiger partial charge in [-0.3, -0.25) is 4.98 Å². The van der Waals surface area contributed by atoms with Gasteiger partial charge in [-0.2, -0.15) is 9.61 Å². The average molecular weight is 329 g/mol. The van der Waals surface area contributed by atoms with Crippen molar-refractivity contribution in [1.29, 1.82) is 0 Å². The van der Waals surface area contributed by atoms with Crippen molar-refractivity contribution in [1.82, 2.24) is 24.8 Å². The van der Waals surface area contributed by atoms with Crippen LogP contribution in [0.15, 0.2) is 30.6 Å². The maximum absolute atomic E-state index is 6.25. The number of aryl methyl sites for hydroxylation is 1. The third kappa shape index (κ3) is 2.63. The SMILES string of the molecule is Cc1ccc2nnc(C3CCN(c4ccncc4Cl)CC3)n2n1. The quantitative estimate of drug-likeness (QED) is 0.724. The van der Waals surface area contributed by atoms with Crippen LogP contribution >= 0.6 is 11.6 Å². The van der Waals surface area contributed by atoms with E-state index in [1.807, 2.05) is 29.6 Å². The molecule has 0 unspecified atom stereocenters. The van der Waals surface area contributed by atoms with Crippen molar-refractivity contribution in [2.75, 3.05) is 18.0 Å². The van der Waals surface area contributed by atoms with Gasteiger partial charge in [0.1, 0.15) is 0 Å². The number of hydrogen-bond acceptors (Lipinski definition) is 5. The van der Waals surface area contributed by atoms with Crippen molar-refractivity contribution in [3.63, 3.8) is 0 Å². The first kappa shape index (κ1) is 14.4. The summed E-state index contributed by atoms with van der Waals surface area (Å²) in [5.41, 5.74) is 2.84. The summed E-state index contributed by atoms with van der Waals surface area (Å²) in [6, 6.07) is 5.90. The highest BCUT2D eigenvalue weighted by Crippen LogP contribution is 2.32. The zero-order valence-electron chi connectivity index (χ0n) is 12.9. The molecule has 0 N–H and O–H groups in total. The molecule has 1 fully saturated rings. The Morgan fingerprint density at radius 1 is 1.13 bits per heavy atom. The van der Waals surface area contributed by atoms with Crippen LogP contribution in [0.1, 0.15) is 30.3 Å². The molecule has 0 amide bonds. The first-order valence-corrected chi connectivity index (χ1v) is 8.13. The van der Waals surface area contributed by atoms with Crippen LogP contribution in [0.25, 0.3) is 5.65 Å². The number of fused-ring (bicyclic) bond motifs is 1. The van der Waals surface area contributed by atoms with Crippen molar-refractivity contribution >= 4 is 22.9 Å². The molecule has 1 aliphatic heterocycles. The zero-order valence-corrected chi connectivity index (χ0v) is 13.6. The predicted octanol–water partition coefficient (Wildman–Crippen LogP) is 2.87. The highest BCUT2D eigenvalue weighted by atomic mass is 35.5. The maximum atomic E-state index is 6.25. The van der Waals surface area contributed by atoms with Crippen molar-refractivity contribution in [3.05, 3.63) is 47.1 Å². The molecule has 1 aliphatic rings. The second kappa shape index (κ2) is 5.77. The Balaban J connectivity index is 1.55. The first-order valence-electron chi connectivity index (χ1n) is 7.76. The van der Waals surface area contributed by atoms with Crippen molar-refractivity contribution in [2.24, 2.45) is 0 Å². The summed E-state index contributed by atoms with van der Waals surface area (Å²) in [5.74, 6) is 1.33. The van der Waals surface area contributed by atoms with Gasteiger partial charge in [-0.25, -0.2) is 0 Å². The Hall–Kier alpha value is -2.21.